The topological polar surface area (TPSA) is 96.4 Å². The lowest BCUT2D eigenvalue weighted by Gasteiger charge is -2.39. The highest BCUT2D eigenvalue weighted by molar-refractivity contribution is 5.98. The van der Waals surface area contributed by atoms with E-state index in [0.717, 1.165) is 19.3 Å². The minimum Gasteiger partial charge on any atom is -0.461 e. The van der Waals surface area contributed by atoms with Crippen LogP contribution in [-0.4, -0.2) is 76.7 Å². The van der Waals surface area contributed by atoms with Gasteiger partial charge in [0.1, 0.15) is 18.2 Å². The van der Waals surface area contributed by atoms with Crippen LogP contribution in [0.2, 0.25) is 0 Å². The fraction of sp³-hybridized carbons (Fsp3) is 0.552. The largest absolute Gasteiger partial charge is 0.461 e. The molecule has 0 radical (unpaired) electrons. The first-order chi connectivity index (χ1) is 17.9. The number of nitrogens with zero attached hydrogens (tertiary/aromatic N) is 2. The van der Waals surface area contributed by atoms with Crippen molar-refractivity contribution in [2.45, 2.75) is 62.8 Å². The second kappa shape index (κ2) is 11.6. The Morgan fingerprint density at radius 2 is 2.03 bits per heavy atom. The zero-order valence-corrected chi connectivity index (χ0v) is 21.6. The Morgan fingerprint density at radius 3 is 2.68 bits per heavy atom. The predicted molar refractivity (Wildman–Crippen MR) is 138 cm³/mol. The number of amides is 2. The SMILES string of the molecule is C=CCOC(=O)[C@@H]1[C@H]2C(=O)N([C@H](CO)c3ccccc3)C(C(=O)N(CC=C)CCCCC)C23CC[C@H]1O3. The molecule has 0 aromatic heterocycles. The van der Waals surface area contributed by atoms with Gasteiger partial charge in [0.25, 0.3) is 0 Å². The molecule has 2 bridgehead atoms. The van der Waals surface area contributed by atoms with Gasteiger partial charge in [-0.2, -0.15) is 0 Å². The van der Waals surface area contributed by atoms with E-state index in [1.807, 2.05) is 30.3 Å². The molecular weight excluding hydrogens is 472 g/mol. The van der Waals surface area contributed by atoms with Gasteiger partial charge in [-0.15, -0.1) is 6.58 Å². The molecule has 1 aromatic rings. The maximum atomic E-state index is 14.3. The molecule has 0 aliphatic carbocycles. The molecule has 3 saturated heterocycles. The number of likely N-dealkylation sites (tertiary alicyclic amines) is 1. The fourth-order valence-electron chi connectivity index (χ4n) is 6.41. The molecule has 3 aliphatic heterocycles. The molecule has 1 aromatic carbocycles. The van der Waals surface area contributed by atoms with Gasteiger partial charge in [-0.25, -0.2) is 0 Å². The van der Waals surface area contributed by atoms with Gasteiger partial charge in [-0.1, -0.05) is 68.8 Å². The number of hydrogen-bond acceptors (Lipinski definition) is 6. The molecule has 0 saturated carbocycles. The Kier molecular flexibility index (Phi) is 8.49. The van der Waals surface area contributed by atoms with Crippen LogP contribution in [0.25, 0.3) is 0 Å². The first kappa shape index (κ1) is 27.1. The Balaban J connectivity index is 1.78. The van der Waals surface area contributed by atoms with Crippen LogP contribution in [0.15, 0.2) is 55.6 Å². The van der Waals surface area contributed by atoms with E-state index in [1.54, 1.807) is 11.0 Å². The van der Waals surface area contributed by atoms with Crippen LogP contribution >= 0.6 is 0 Å². The van der Waals surface area contributed by atoms with E-state index in [4.69, 9.17) is 9.47 Å². The third-order valence-electron chi connectivity index (χ3n) is 7.97. The van der Waals surface area contributed by atoms with Crippen LogP contribution < -0.4 is 0 Å². The van der Waals surface area contributed by atoms with Crippen molar-refractivity contribution >= 4 is 17.8 Å². The maximum Gasteiger partial charge on any atom is 0.312 e. The van der Waals surface area contributed by atoms with Gasteiger partial charge in [0.15, 0.2) is 0 Å². The van der Waals surface area contributed by atoms with E-state index >= 15 is 0 Å². The summed E-state index contributed by atoms with van der Waals surface area (Å²) in [5.74, 6) is -2.75. The van der Waals surface area contributed by atoms with Crippen molar-refractivity contribution in [3.63, 3.8) is 0 Å². The minimum atomic E-state index is -1.15. The average molecular weight is 511 g/mol. The van der Waals surface area contributed by atoms with Crippen LogP contribution in [0.3, 0.4) is 0 Å². The lowest BCUT2D eigenvalue weighted by atomic mass is 9.70. The number of fused-ring (bicyclic) bond motifs is 1. The van der Waals surface area contributed by atoms with Gasteiger partial charge in [0.2, 0.25) is 11.8 Å². The third-order valence-corrected chi connectivity index (χ3v) is 7.97. The van der Waals surface area contributed by atoms with Gasteiger partial charge in [-0.05, 0) is 24.8 Å². The molecule has 3 heterocycles. The Morgan fingerprint density at radius 1 is 1.27 bits per heavy atom. The minimum absolute atomic E-state index is 0.0376. The van der Waals surface area contributed by atoms with Crippen LogP contribution in [0.4, 0.5) is 0 Å². The van der Waals surface area contributed by atoms with Crippen molar-refractivity contribution in [3.05, 3.63) is 61.2 Å². The van der Waals surface area contributed by atoms with E-state index < -0.39 is 41.6 Å². The molecule has 8 nitrogen and oxygen atoms in total. The van der Waals surface area contributed by atoms with Crippen molar-refractivity contribution in [3.8, 4) is 0 Å². The summed E-state index contributed by atoms with van der Waals surface area (Å²) in [5, 5.41) is 10.5. The maximum absolute atomic E-state index is 14.3. The molecule has 37 heavy (non-hydrogen) atoms. The molecule has 200 valence electrons. The standard InChI is InChI=1S/C29H38N2O6/c1-4-7-11-17-30(16-5-2)27(34)25-29-15-14-22(37-29)23(28(35)36-18-6-3)24(29)26(33)31(25)21(19-32)20-12-9-8-10-13-20/h5-6,8-10,12-13,21-25,32H,2-4,7,11,14-19H2,1H3/t21-,22-,23+,24+,25?,29?/m1/s1. The number of carbonyl (C=O) groups is 3. The van der Waals surface area contributed by atoms with Crippen LogP contribution in [0.5, 0.6) is 0 Å². The second-order valence-electron chi connectivity index (χ2n) is 10.1. The first-order valence-electron chi connectivity index (χ1n) is 13.3. The summed E-state index contributed by atoms with van der Waals surface area (Å²) in [6, 6.07) is 7.47. The molecule has 1 N–H and O–H groups in total. The summed E-state index contributed by atoms with van der Waals surface area (Å²) in [5.41, 5.74) is -0.433. The van der Waals surface area contributed by atoms with E-state index in [0.29, 0.717) is 31.5 Å². The quantitative estimate of drug-likeness (QED) is 0.249. The zero-order chi connectivity index (χ0) is 26.6. The number of carbonyl (C=O) groups excluding carboxylic acids is 3. The molecule has 3 fully saturated rings. The number of hydrogen-bond donors (Lipinski definition) is 1. The lowest BCUT2D eigenvalue weighted by molar-refractivity contribution is -0.156. The van der Waals surface area contributed by atoms with Gasteiger partial charge in [0.05, 0.1) is 30.6 Å². The predicted octanol–water partition coefficient (Wildman–Crippen LogP) is 3.03. The number of rotatable bonds is 13. The Hall–Kier alpha value is -2.97. The monoisotopic (exact) mass is 510 g/mol. The highest BCUT2D eigenvalue weighted by Gasteiger charge is 2.75. The summed E-state index contributed by atoms with van der Waals surface area (Å²) in [6.07, 6.45) is 6.53. The van der Waals surface area contributed by atoms with E-state index in [1.165, 1.54) is 11.0 Å². The van der Waals surface area contributed by atoms with Crippen LogP contribution in [0.1, 0.15) is 50.6 Å². The summed E-state index contributed by atoms with van der Waals surface area (Å²) in [4.78, 5) is 44.8. The van der Waals surface area contributed by atoms with Crippen molar-refractivity contribution < 1.29 is 29.0 Å². The number of unbranched alkanes of at least 4 members (excludes halogenated alkanes) is 2. The molecule has 2 unspecified atom stereocenters. The van der Waals surface area contributed by atoms with Crippen molar-refractivity contribution in [2.75, 3.05) is 26.3 Å². The molecular formula is C29H38N2O6. The molecule has 3 aliphatic rings. The van der Waals surface area contributed by atoms with Crippen LogP contribution in [-0.2, 0) is 23.9 Å². The summed E-state index contributed by atoms with van der Waals surface area (Å²) < 4.78 is 11.8. The second-order valence-corrected chi connectivity index (χ2v) is 10.1. The number of benzene rings is 1. The number of esters is 1. The van der Waals surface area contributed by atoms with Crippen molar-refractivity contribution in [1.82, 2.24) is 9.80 Å². The lowest BCUT2D eigenvalue weighted by Crippen LogP contribution is -2.57. The summed E-state index contributed by atoms with van der Waals surface area (Å²) in [6.45, 7) is 10.1. The smallest absolute Gasteiger partial charge is 0.312 e. The summed E-state index contributed by atoms with van der Waals surface area (Å²) in [7, 11) is 0. The first-order valence-corrected chi connectivity index (χ1v) is 13.3. The van der Waals surface area contributed by atoms with Gasteiger partial charge < -0.3 is 24.4 Å². The highest BCUT2D eigenvalue weighted by Crippen LogP contribution is 2.60. The van der Waals surface area contributed by atoms with Crippen molar-refractivity contribution in [1.29, 1.82) is 0 Å². The van der Waals surface area contributed by atoms with Crippen LogP contribution in [0, 0.1) is 11.8 Å². The van der Waals surface area contributed by atoms with E-state index in [2.05, 4.69) is 20.1 Å². The zero-order valence-electron chi connectivity index (χ0n) is 21.6. The van der Waals surface area contributed by atoms with Gasteiger partial charge in [0, 0.05) is 13.1 Å². The number of aliphatic hydroxyl groups excluding tert-OH is 1. The fourth-order valence-corrected chi connectivity index (χ4v) is 6.41. The Labute approximate surface area is 218 Å². The molecule has 6 atom stereocenters. The van der Waals surface area contributed by atoms with Gasteiger partial charge in [-0.3, -0.25) is 14.4 Å². The van der Waals surface area contributed by atoms with E-state index in [-0.39, 0.29) is 25.0 Å². The molecule has 8 heteroatoms. The average Bonchev–Trinajstić information content (AvgIpc) is 3.55. The normalized spacial score (nSPS) is 28.6. The molecule has 2 amide bonds. The van der Waals surface area contributed by atoms with Gasteiger partial charge >= 0.3 is 5.97 Å². The number of aliphatic hydroxyl groups is 1. The molecule has 1 spiro atoms. The summed E-state index contributed by atoms with van der Waals surface area (Å²) >= 11 is 0. The highest BCUT2D eigenvalue weighted by atomic mass is 16.6. The third kappa shape index (κ3) is 4.73. The Bertz CT molecular complexity index is 1010. The number of ether oxygens (including phenoxy) is 2. The van der Waals surface area contributed by atoms with E-state index in [9.17, 15) is 19.5 Å². The molecule has 4 rings (SSSR count). The van der Waals surface area contributed by atoms with Crippen molar-refractivity contribution in [2.24, 2.45) is 11.8 Å².